The summed E-state index contributed by atoms with van der Waals surface area (Å²) in [5, 5.41) is 25.3. The normalized spacial score (nSPS) is 10.9. The minimum absolute atomic E-state index is 0.136. The molecule has 27 heavy (non-hydrogen) atoms. The number of nitrogens with zero attached hydrogens (tertiary/aromatic N) is 4. The van der Waals surface area contributed by atoms with Crippen LogP contribution in [0, 0.1) is 17.1 Å². The van der Waals surface area contributed by atoms with E-state index in [0.29, 0.717) is 16.8 Å². The first-order valence-corrected chi connectivity index (χ1v) is 7.70. The Morgan fingerprint density at radius 1 is 1.26 bits per heavy atom. The molecule has 2 aromatic carbocycles. The number of carbonyl (C=O) groups is 1. The monoisotopic (exact) mass is 364 g/mol. The standard InChI is InChI=1S/C18H13FN6O2/c1-27-18(26)13-6-12(7-15(19)8-13)11-2-4-16(5-3-11)21-10-14(9-20)17-22-24-25-23-17/h2-8,10,21H,1H3,(H,22,23,24,25). The molecule has 0 saturated heterocycles. The summed E-state index contributed by atoms with van der Waals surface area (Å²) in [6.45, 7) is 0. The summed E-state index contributed by atoms with van der Waals surface area (Å²) in [6.07, 6.45) is 1.46. The zero-order valence-corrected chi connectivity index (χ0v) is 14.1. The van der Waals surface area contributed by atoms with Crippen LogP contribution in [0.5, 0.6) is 0 Å². The second-order valence-electron chi connectivity index (χ2n) is 5.35. The van der Waals surface area contributed by atoms with E-state index < -0.39 is 11.8 Å². The number of hydrogen-bond donors (Lipinski definition) is 2. The molecule has 3 aromatic rings. The molecule has 8 nitrogen and oxygen atoms in total. The molecule has 0 aliphatic heterocycles. The van der Waals surface area contributed by atoms with E-state index in [-0.39, 0.29) is 17.0 Å². The number of nitrogens with one attached hydrogen (secondary N) is 2. The number of allylic oxidation sites excluding steroid dienone is 1. The molecule has 0 aliphatic carbocycles. The minimum atomic E-state index is -0.607. The highest BCUT2D eigenvalue weighted by atomic mass is 19.1. The predicted octanol–water partition coefficient (Wildman–Crippen LogP) is 2.77. The SMILES string of the molecule is COC(=O)c1cc(F)cc(-c2ccc(NC=C(C#N)c3nn[nH]n3)cc2)c1. The summed E-state index contributed by atoms with van der Waals surface area (Å²) in [4.78, 5) is 11.6. The van der Waals surface area contributed by atoms with E-state index in [9.17, 15) is 9.18 Å². The maximum Gasteiger partial charge on any atom is 0.337 e. The third kappa shape index (κ3) is 4.13. The van der Waals surface area contributed by atoms with Gasteiger partial charge in [-0.3, -0.25) is 0 Å². The third-order valence-electron chi connectivity index (χ3n) is 3.63. The lowest BCUT2D eigenvalue weighted by molar-refractivity contribution is 0.0600. The lowest BCUT2D eigenvalue weighted by atomic mass is 10.0. The maximum atomic E-state index is 13.8. The van der Waals surface area contributed by atoms with Crippen LogP contribution in [0.15, 0.2) is 48.7 Å². The van der Waals surface area contributed by atoms with Crippen LogP contribution in [-0.4, -0.2) is 33.7 Å². The molecule has 0 amide bonds. The van der Waals surface area contributed by atoms with Crippen molar-refractivity contribution in [3.63, 3.8) is 0 Å². The van der Waals surface area contributed by atoms with Gasteiger partial charge in [-0.05, 0) is 46.7 Å². The molecule has 3 rings (SSSR count). The molecule has 0 bridgehead atoms. The number of rotatable bonds is 5. The van der Waals surface area contributed by atoms with E-state index in [4.69, 9.17) is 5.26 Å². The van der Waals surface area contributed by atoms with Crippen molar-refractivity contribution in [1.82, 2.24) is 20.6 Å². The number of anilines is 1. The highest BCUT2D eigenvalue weighted by molar-refractivity contribution is 5.91. The van der Waals surface area contributed by atoms with Crippen molar-refractivity contribution in [3.05, 3.63) is 65.9 Å². The number of benzene rings is 2. The van der Waals surface area contributed by atoms with Crippen molar-refractivity contribution < 1.29 is 13.9 Å². The molecule has 0 spiro atoms. The number of nitriles is 1. The summed E-state index contributed by atoms with van der Waals surface area (Å²) in [5.41, 5.74) is 2.30. The predicted molar refractivity (Wildman–Crippen MR) is 94.6 cm³/mol. The topological polar surface area (TPSA) is 117 Å². The first-order valence-electron chi connectivity index (χ1n) is 7.70. The largest absolute Gasteiger partial charge is 0.465 e. The van der Waals surface area contributed by atoms with E-state index in [1.54, 1.807) is 30.3 Å². The van der Waals surface area contributed by atoms with Gasteiger partial charge in [0, 0.05) is 11.9 Å². The van der Waals surface area contributed by atoms with Gasteiger partial charge in [0.15, 0.2) is 0 Å². The molecule has 9 heteroatoms. The number of ether oxygens (including phenoxy) is 1. The second-order valence-corrected chi connectivity index (χ2v) is 5.35. The maximum absolute atomic E-state index is 13.8. The Kier molecular flexibility index (Phi) is 5.18. The van der Waals surface area contributed by atoms with E-state index in [1.165, 1.54) is 19.4 Å². The summed E-state index contributed by atoms with van der Waals surface area (Å²) < 4.78 is 18.4. The van der Waals surface area contributed by atoms with Crippen LogP contribution in [0.2, 0.25) is 0 Å². The fraction of sp³-hybridized carbons (Fsp3) is 0.0556. The average molecular weight is 364 g/mol. The first-order chi connectivity index (χ1) is 13.1. The Balaban J connectivity index is 1.81. The molecule has 1 heterocycles. The molecule has 0 saturated carbocycles. The molecule has 0 aliphatic rings. The van der Waals surface area contributed by atoms with E-state index in [0.717, 1.165) is 6.07 Å². The lowest BCUT2D eigenvalue weighted by Crippen LogP contribution is -2.02. The average Bonchev–Trinajstić information content (AvgIpc) is 3.22. The highest BCUT2D eigenvalue weighted by Gasteiger charge is 2.10. The van der Waals surface area contributed by atoms with Crippen LogP contribution < -0.4 is 5.32 Å². The number of methoxy groups -OCH3 is 1. The molecule has 0 fully saturated rings. The Hall–Kier alpha value is -4.06. The zero-order valence-electron chi connectivity index (χ0n) is 14.1. The number of carbonyl (C=O) groups excluding carboxylic acids is 1. The van der Waals surface area contributed by atoms with Crippen molar-refractivity contribution in [2.24, 2.45) is 0 Å². The Morgan fingerprint density at radius 2 is 2.04 bits per heavy atom. The van der Waals surface area contributed by atoms with Crippen LogP contribution in [0.3, 0.4) is 0 Å². The fourth-order valence-corrected chi connectivity index (χ4v) is 2.33. The molecule has 134 valence electrons. The van der Waals surface area contributed by atoms with Gasteiger partial charge in [0.2, 0.25) is 5.82 Å². The van der Waals surface area contributed by atoms with Crippen LogP contribution in [0.25, 0.3) is 16.7 Å². The molecule has 0 atom stereocenters. The van der Waals surface area contributed by atoms with Gasteiger partial charge < -0.3 is 10.1 Å². The molecule has 0 unspecified atom stereocenters. The van der Waals surface area contributed by atoms with Gasteiger partial charge in [0.05, 0.1) is 12.7 Å². The van der Waals surface area contributed by atoms with E-state index in [2.05, 4.69) is 30.7 Å². The van der Waals surface area contributed by atoms with Crippen molar-refractivity contribution in [2.75, 3.05) is 12.4 Å². The molecule has 0 radical (unpaired) electrons. The number of halogens is 1. The summed E-state index contributed by atoms with van der Waals surface area (Å²) >= 11 is 0. The van der Waals surface area contributed by atoms with Crippen molar-refractivity contribution >= 4 is 17.2 Å². The number of aromatic amines is 1. The highest BCUT2D eigenvalue weighted by Crippen LogP contribution is 2.24. The van der Waals surface area contributed by atoms with Crippen LogP contribution in [0.4, 0.5) is 10.1 Å². The van der Waals surface area contributed by atoms with Crippen molar-refractivity contribution in [1.29, 1.82) is 5.26 Å². The van der Waals surface area contributed by atoms with Crippen LogP contribution in [0.1, 0.15) is 16.2 Å². The summed E-state index contributed by atoms with van der Waals surface area (Å²) in [6, 6.07) is 13.0. The van der Waals surface area contributed by atoms with Gasteiger partial charge in [0.1, 0.15) is 17.5 Å². The summed E-state index contributed by atoms with van der Waals surface area (Å²) in [7, 11) is 1.24. The Bertz CT molecular complexity index is 1020. The van der Waals surface area contributed by atoms with Gasteiger partial charge in [-0.25, -0.2) is 9.18 Å². The molecular weight excluding hydrogens is 351 g/mol. The number of hydrogen-bond acceptors (Lipinski definition) is 7. The zero-order chi connectivity index (χ0) is 19.2. The quantitative estimate of drug-likeness (QED) is 0.528. The fourth-order valence-electron chi connectivity index (χ4n) is 2.33. The second kappa shape index (κ2) is 7.88. The molecule has 2 N–H and O–H groups in total. The van der Waals surface area contributed by atoms with Crippen LogP contribution >= 0.6 is 0 Å². The van der Waals surface area contributed by atoms with Crippen LogP contribution in [-0.2, 0) is 4.74 Å². The Labute approximate surface area is 153 Å². The minimum Gasteiger partial charge on any atom is -0.465 e. The van der Waals surface area contributed by atoms with E-state index >= 15 is 0 Å². The smallest absolute Gasteiger partial charge is 0.337 e. The number of H-pyrrole nitrogens is 1. The van der Waals surface area contributed by atoms with E-state index in [1.807, 2.05) is 6.07 Å². The molecular formula is C18H13FN6O2. The van der Waals surface area contributed by atoms with Gasteiger partial charge in [-0.15, -0.1) is 10.2 Å². The number of tetrazole rings is 1. The summed E-state index contributed by atoms with van der Waals surface area (Å²) in [5.74, 6) is -0.960. The van der Waals surface area contributed by atoms with Crippen molar-refractivity contribution in [2.45, 2.75) is 0 Å². The van der Waals surface area contributed by atoms with Crippen molar-refractivity contribution in [3.8, 4) is 17.2 Å². The number of esters is 1. The Morgan fingerprint density at radius 3 is 2.67 bits per heavy atom. The lowest BCUT2D eigenvalue weighted by Gasteiger charge is -2.07. The van der Waals surface area contributed by atoms with Gasteiger partial charge in [-0.1, -0.05) is 12.1 Å². The van der Waals surface area contributed by atoms with Gasteiger partial charge in [-0.2, -0.15) is 10.5 Å². The first kappa shape index (κ1) is 17.8. The van der Waals surface area contributed by atoms with Gasteiger partial charge in [0.25, 0.3) is 0 Å². The third-order valence-corrected chi connectivity index (χ3v) is 3.63. The molecule has 1 aromatic heterocycles. The number of aromatic nitrogens is 4. The van der Waals surface area contributed by atoms with Gasteiger partial charge >= 0.3 is 5.97 Å².